The van der Waals surface area contributed by atoms with Crippen LogP contribution in [0.15, 0.2) is 0 Å². The first-order valence-electron chi connectivity index (χ1n) is 8.99. The number of hydrogen-bond donors (Lipinski definition) is 0. The molecule has 0 saturated carbocycles. The van der Waals surface area contributed by atoms with E-state index in [1.165, 1.54) is 51.4 Å². The van der Waals surface area contributed by atoms with Gasteiger partial charge in [0.15, 0.2) is 0 Å². The Labute approximate surface area is 161 Å². The summed E-state index contributed by atoms with van der Waals surface area (Å²) in [6.07, 6.45) is 15.2. The Kier molecular flexibility index (Phi) is 20.9. The molecular formula is C17H37NaO3S. The van der Waals surface area contributed by atoms with Crippen LogP contribution in [0.3, 0.4) is 0 Å². The van der Waals surface area contributed by atoms with E-state index in [1.54, 1.807) is 0 Å². The van der Waals surface area contributed by atoms with Gasteiger partial charge in [-0.1, -0.05) is 84.5 Å². The van der Waals surface area contributed by atoms with Gasteiger partial charge < -0.3 is 0 Å². The molecule has 0 aromatic rings. The fourth-order valence-electron chi connectivity index (χ4n) is 2.36. The van der Waals surface area contributed by atoms with Gasteiger partial charge in [0, 0.05) is 0 Å². The summed E-state index contributed by atoms with van der Waals surface area (Å²) in [7, 11) is -3.26. The van der Waals surface area contributed by atoms with E-state index in [9.17, 15) is 8.42 Å². The van der Waals surface area contributed by atoms with Crippen LogP contribution in [0, 0.1) is 0 Å². The van der Waals surface area contributed by atoms with Gasteiger partial charge in [-0.25, -0.2) is 0 Å². The second-order valence-corrected chi connectivity index (χ2v) is 7.73. The molecule has 5 heteroatoms. The Hall–Kier alpha value is 0.910. The van der Waals surface area contributed by atoms with Gasteiger partial charge in [0.25, 0.3) is 10.1 Å². The second-order valence-electron chi connectivity index (χ2n) is 5.97. The third-order valence-corrected chi connectivity index (χ3v) is 5.07. The first kappa shape index (κ1) is 25.2. The minimum absolute atomic E-state index is 0. The number of rotatable bonds is 16. The molecule has 0 fully saturated rings. The monoisotopic (exact) mass is 344 g/mol. The Morgan fingerprint density at radius 1 is 0.636 bits per heavy atom. The van der Waals surface area contributed by atoms with Crippen molar-refractivity contribution in [1.82, 2.24) is 0 Å². The fraction of sp³-hybridized carbons (Fsp3) is 1.00. The van der Waals surface area contributed by atoms with E-state index in [0.29, 0.717) is 6.61 Å². The summed E-state index contributed by atoms with van der Waals surface area (Å²) < 4.78 is 28.1. The van der Waals surface area contributed by atoms with Gasteiger partial charge in [-0.15, -0.1) is 0 Å². The standard InChI is InChI=1S/C17H36O3S.Na.H/c1-3-5-7-8-9-10-11-12-13-14-16-20-21(18,19)17-15-6-4-2;;/h3-17H2,1-2H3;;. The van der Waals surface area contributed by atoms with Gasteiger partial charge >= 0.3 is 29.6 Å². The van der Waals surface area contributed by atoms with E-state index >= 15 is 0 Å². The van der Waals surface area contributed by atoms with Crippen molar-refractivity contribution in [1.29, 1.82) is 0 Å². The third kappa shape index (κ3) is 19.0. The normalized spacial score (nSPS) is 11.4. The summed E-state index contributed by atoms with van der Waals surface area (Å²) in [6.45, 7) is 4.67. The van der Waals surface area contributed by atoms with Crippen molar-refractivity contribution in [3.8, 4) is 0 Å². The van der Waals surface area contributed by atoms with Crippen LogP contribution in [0.5, 0.6) is 0 Å². The van der Waals surface area contributed by atoms with Crippen molar-refractivity contribution in [3.05, 3.63) is 0 Å². The molecule has 0 heterocycles. The summed E-state index contributed by atoms with van der Waals surface area (Å²) in [4.78, 5) is 0. The SMILES string of the molecule is CCCCCCCCCCCCOS(=O)(=O)CCCCC.[NaH]. The Morgan fingerprint density at radius 2 is 1.05 bits per heavy atom. The fourth-order valence-corrected chi connectivity index (χ4v) is 3.41. The Bertz CT molecular complexity index is 305. The van der Waals surface area contributed by atoms with Crippen molar-refractivity contribution >= 4 is 39.7 Å². The molecule has 3 nitrogen and oxygen atoms in total. The first-order chi connectivity index (χ1) is 10.1. The zero-order valence-corrected chi connectivity index (χ0v) is 15.1. The van der Waals surface area contributed by atoms with Crippen LogP contribution in [0.2, 0.25) is 0 Å². The van der Waals surface area contributed by atoms with Crippen LogP contribution in [0.25, 0.3) is 0 Å². The maximum atomic E-state index is 11.5. The van der Waals surface area contributed by atoms with Crippen molar-refractivity contribution in [3.63, 3.8) is 0 Å². The molecule has 0 aliphatic heterocycles. The van der Waals surface area contributed by atoms with Gasteiger partial charge in [0.05, 0.1) is 12.4 Å². The van der Waals surface area contributed by atoms with E-state index < -0.39 is 10.1 Å². The predicted octanol–water partition coefficient (Wildman–Crippen LogP) is 4.80. The van der Waals surface area contributed by atoms with Crippen LogP contribution in [0.1, 0.15) is 97.3 Å². The second kappa shape index (κ2) is 18.3. The van der Waals surface area contributed by atoms with E-state index in [0.717, 1.165) is 32.1 Å². The van der Waals surface area contributed by atoms with Gasteiger partial charge in [-0.2, -0.15) is 8.42 Å². The van der Waals surface area contributed by atoms with Crippen LogP contribution >= 0.6 is 0 Å². The number of unbranched alkanes of at least 4 members (excludes halogenated alkanes) is 11. The first-order valence-corrected chi connectivity index (χ1v) is 10.6. The Morgan fingerprint density at radius 3 is 1.55 bits per heavy atom. The zero-order valence-electron chi connectivity index (χ0n) is 14.2. The van der Waals surface area contributed by atoms with E-state index in [2.05, 4.69) is 13.8 Å². The summed E-state index contributed by atoms with van der Waals surface area (Å²) in [6, 6.07) is 0. The van der Waals surface area contributed by atoms with Gasteiger partial charge in [0.1, 0.15) is 0 Å². The average molecular weight is 345 g/mol. The molecule has 0 amide bonds. The molecule has 22 heavy (non-hydrogen) atoms. The molecule has 0 N–H and O–H groups in total. The van der Waals surface area contributed by atoms with Crippen LogP contribution in [-0.4, -0.2) is 50.3 Å². The summed E-state index contributed by atoms with van der Waals surface area (Å²) in [5, 5.41) is 0. The van der Waals surface area contributed by atoms with E-state index in [1.807, 2.05) is 0 Å². The van der Waals surface area contributed by atoms with Crippen molar-refractivity contribution in [2.24, 2.45) is 0 Å². The molecule has 0 saturated heterocycles. The maximum absolute atomic E-state index is 11.5. The van der Waals surface area contributed by atoms with Gasteiger partial charge in [-0.3, -0.25) is 4.18 Å². The molecule has 0 radical (unpaired) electrons. The van der Waals surface area contributed by atoms with E-state index in [-0.39, 0.29) is 35.3 Å². The quantitative estimate of drug-likeness (QED) is 0.229. The molecule has 130 valence electrons. The number of hydrogen-bond acceptors (Lipinski definition) is 3. The van der Waals surface area contributed by atoms with E-state index in [4.69, 9.17) is 4.18 Å². The summed E-state index contributed by atoms with van der Waals surface area (Å²) in [5.41, 5.74) is 0. The zero-order chi connectivity index (χ0) is 15.8. The summed E-state index contributed by atoms with van der Waals surface area (Å²) >= 11 is 0. The van der Waals surface area contributed by atoms with Gasteiger partial charge in [0.2, 0.25) is 0 Å². The van der Waals surface area contributed by atoms with Gasteiger partial charge in [-0.05, 0) is 12.8 Å². The molecule has 0 spiro atoms. The van der Waals surface area contributed by atoms with Crippen molar-refractivity contribution < 1.29 is 12.6 Å². The predicted molar refractivity (Wildman–Crippen MR) is 98.3 cm³/mol. The molecule has 0 aromatic carbocycles. The molecule has 0 aliphatic rings. The molecule has 0 aromatic heterocycles. The Balaban J connectivity index is 0. The van der Waals surface area contributed by atoms with Crippen molar-refractivity contribution in [2.45, 2.75) is 97.3 Å². The van der Waals surface area contributed by atoms with Crippen LogP contribution in [0.4, 0.5) is 0 Å². The van der Waals surface area contributed by atoms with Crippen LogP contribution < -0.4 is 0 Å². The molecule has 0 unspecified atom stereocenters. The summed E-state index contributed by atoms with van der Waals surface area (Å²) in [5.74, 6) is 0.179. The average Bonchev–Trinajstić information content (AvgIpc) is 2.45. The molecule has 0 atom stereocenters. The molecule has 0 bridgehead atoms. The van der Waals surface area contributed by atoms with Crippen LogP contribution in [-0.2, 0) is 14.3 Å². The van der Waals surface area contributed by atoms with Crippen molar-refractivity contribution in [2.75, 3.05) is 12.4 Å². The molecule has 0 rings (SSSR count). The minimum atomic E-state index is -3.26. The topological polar surface area (TPSA) is 43.4 Å². The third-order valence-electron chi connectivity index (χ3n) is 3.76. The molecular weight excluding hydrogens is 307 g/mol. The molecule has 0 aliphatic carbocycles.